The third-order valence-corrected chi connectivity index (χ3v) is 4.83. The maximum absolute atomic E-state index is 6.13. The Bertz CT molecular complexity index is 907. The molecule has 3 aromatic carbocycles. The summed E-state index contributed by atoms with van der Waals surface area (Å²) in [6.45, 7) is 4.64. The van der Waals surface area contributed by atoms with E-state index in [2.05, 4.69) is 56.1 Å². The number of anilines is 3. The van der Waals surface area contributed by atoms with Gasteiger partial charge in [-0.3, -0.25) is 0 Å². The Kier molecular flexibility index (Phi) is 5.67. The number of rotatable bonds is 6. The largest absolute Gasteiger partial charge is 0.489 e. The molecule has 4 heteroatoms. The number of para-hydroxylation sites is 1. The molecule has 0 saturated heterocycles. The lowest BCUT2D eigenvalue weighted by Crippen LogP contribution is -2.26. The summed E-state index contributed by atoms with van der Waals surface area (Å²) in [5, 5.41) is 1.64. The van der Waals surface area contributed by atoms with Gasteiger partial charge in [0.15, 0.2) is 0 Å². The van der Waals surface area contributed by atoms with Gasteiger partial charge in [-0.1, -0.05) is 30.3 Å². The van der Waals surface area contributed by atoms with Crippen molar-refractivity contribution in [2.75, 3.05) is 24.0 Å². The van der Waals surface area contributed by atoms with Crippen LogP contribution in [0.1, 0.15) is 16.7 Å². The maximum Gasteiger partial charge on any atom is 0.122 e. The predicted molar refractivity (Wildman–Crippen MR) is 114 cm³/mol. The molecule has 3 aromatic rings. The molecule has 0 bridgehead atoms. The van der Waals surface area contributed by atoms with Crippen molar-refractivity contribution >= 4 is 17.1 Å². The second-order valence-electron chi connectivity index (χ2n) is 6.82. The number of hydrogen-bond acceptors (Lipinski definition) is 4. The zero-order chi connectivity index (χ0) is 19.4. The van der Waals surface area contributed by atoms with Crippen LogP contribution in [0.5, 0.6) is 5.75 Å². The summed E-state index contributed by atoms with van der Waals surface area (Å²) in [6, 6.07) is 22.7. The molecular weight excluding hydrogens is 334 g/mol. The molecule has 0 amide bonds. The highest BCUT2D eigenvalue weighted by Crippen LogP contribution is 2.30. The molecule has 2 N–H and O–H groups in total. The first kappa shape index (κ1) is 18.8. The van der Waals surface area contributed by atoms with Crippen LogP contribution in [0, 0.1) is 13.8 Å². The average molecular weight is 361 g/mol. The van der Waals surface area contributed by atoms with Gasteiger partial charge >= 0.3 is 0 Å². The Hall–Kier alpha value is -2.98. The third-order valence-electron chi connectivity index (χ3n) is 4.83. The third kappa shape index (κ3) is 4.23. The zero-order valence-corrected chi connectivity index (χ0v) is 16.4. The summed E-state index contributed by atoms with van der Waals surface area (Å²) in [6.07, 6.45) is 0. The summed E-state index contributed by atoms with van der Waals surface area (Å²) in [5.74, 6) is 6.85. The normalized spacial score (nSPS) is 10.6. The molecule has 0 saturated carbocycles. The zero-order valence-electron chi connectivity index (χ0n) is 16.4. The van der Waals surface area contributed by atoms with E-state index in [1.54, 1.807) is 5.01 Å². The highest BCUT2D eigenvalue weighted by atomic mass is 16.5. The number of nitrogens with two attached hydrogens (primary N) is 1. The highest BCUT2D eigenvalue weighted by Gasteiger charge is 2.11. The summed E-state index contributed by atoms with van der Waals surface area (Å²) in [4.78, 5) is 2.17. The van der Waals surface area contributed by atoms with Crippen LogP contribution in [0.25, 0.3) is 0 Å². The molecule has 0 aromatic heterocycles. The van der Waals surface area contributed by atoms with E-state index >= 15 is 0 Å². The molecule has 0 radical (unpaired) electrons. The van der Waals surface area contributed by atoms with Crippen molar-refractivity contribution in [1.29, 1.82) is 0 Å². The Morgan fingerprint density at radius 2 is 1.56 bits per heavy atom. The average Bonchev–Trinajstić information content (AvgIpc) is 2.67. The van der Waals surface area contributed by atoms with E-state index in [1.165, 1.54) is 5.56 Å². The molecule has 0 aliphatic heterocycles. The summed E-state index contributed by atoms with van der Waals surface area (Å²) in [5.41, 5.74) is 6.64. The summed E-state index contributed by atoms with van der Waals surface area (Å²) in [7, 11) is 3.92. The van der Waals surface area contributed by atoms with E-state index < -0.39 is 0 Å². The van der Waals surface area contributed by atoms with Crippen molar-refractivity contribution in [3.8, 4) is 5.75 Å². The molecule has 0 heterocycles. The molecule has 4 nitrogen and oxygen atoms in total. The van der Waals surface area contributed by atoms with Crippen molar-refractivity contribution in [3.05, 3.63) is 83.4 Å². The minimum atomic E-state index is 0.484. The van der Waals surface area contributed by atoms with Gasteiger partial charge in [0, 0.05) is 31.0 Å². The Labute approximate surface area is 161 Å². The molecular formula is C23H27N3O. The Morgan fingerprint density at radius 1 is 0.815 bits per heavy atom. The Balaban J connectivity index is 1.78. The van der Waals surface area contributed by atoms with Crippen LogP contribution in [-0.2, 0) is 6.61 Å². The minimum absolute atomic E-state index is 0.484. The van der Waals surface area contributed by atoms with Gasteiger partial charge in [-0.15, -0.1) is 0 Å². The van der Waals surface area contributed by atoms with Crippen molar-refractivity contribution in [1.82, 2.24) is 0 Å². The van der Waals surface area contributed by atoms with Crippen LogP contribution in [0.2, 0.25) is 0 Å². The first-order chi connectivity index (χ1) is 13.0. The molecule has 3 rings (SSSR count). The molecule has 0 fully saturated rings. The second kappa shape index (κ2) is 8.14. The van der Waals surface area contributed by atoms with E-state index in [-0.39, 0.29) is 0 Å². The minimum Gasteiger partial charge on any atom is -0.489 e. The fraction of sp³-hybridized carbons (Fsp3) is 0.217. The number of hydrazine groups is 1. The molecule has 0 aliphatic carbocycles. The topological polar surface area (TPSA) is 41.7 Å². The monoisotopic (exact) mass is 361 g/mol. The lowest BCUT2D eigenvalue weighted by molar-refractivity contribution is 0.303. The molecule has 0 spiro atoms. The van der Waals surface area contributed by atoms with E-state index in [1.807, 2.05) is 43.4 Å². The lowest BCUT2D eigenvalue weighted by Gasteiger charge is -2.22. The van der Waals surface area contributed by atoms with Crippen molar-refractivity contribution in [3.63, 3.8) is 0 Å². The first-order valence-electron chi connectivity index (χ1n) is 9.06. The molecule has 27 heavy (non-hydrogen) atoms. The van der Waals surface area contributed by atoms with Gasteiger partial charge in [-0.25, -0.2) is 5.84 Å². The number of nitrogens with zero attached hydrogens (tertiary/aromatic N) is 2. The van der Waals surface area contributed by atoms with Gasteiger partial charge < -0.3 is 14.6 Å². The van der Waals surface area contributed by atoms with E-state index in [0.717, 1.165) is 33.9 Å². The molecule has 0 aliphatic rings. The van der Waals surface area contributed by atoms with Gasteiger partial charge in [0.2, 0.25) is 0 Å². The SMILES string of the molecule is Cc1cc(N(C)c2ccccc2)ccc1OCc1c(C)cccc1N(C)N. The maximum atomic E-state index is 6.13. The van der Waals surface area contributed by atoms with E-state index in [9.17, 15) is 0 Å². The quantitative estimate of drug-likeness (QED) is 0.498. The summed E-state index contributed by atoms with van der Waals surface area (Å²) >= 11 is 0. The van der Waals surface area contributed by atoms with Crippen LogP contribution in [-0.4, -0.2) is 14.1 Å². The van der Waals surface area contributed by atoms with Gasteiger partial charge in [0.1, 0.15) is 12.4 Å². The van der Waals surface area contributed by atoms with Crippen LogP contribution in [0.4, 0.5) is 17.1 Å². The van der Waals surface area contributed by atoms with Crippen molar-refractivity contribution in [2.45, 2.75) is 20.5 Å². The van der Waals surface area contributed by atoms with Crippen LogP contribution in [0.15, 0.2) is 66.7 Å². The smallest absolute Gasteiger partial charge is 0.122 e. The fourth-order valence-electron chi connectivity index (χ4n) is 3.16. The van der Waals surface area contributed by atoms with Gasteiger partial charge in [-0.2, -0.15) is 0 Å². The van der Waals surface area contributed by atoms with E-state index in [4.69, 9.17) is 10.6 Å². The number of aryl methyl sites for hydroxylation is 2. The van der Waals surface area contributed by atoms with Crippen molar-refractivity contribution in [2.24, 2.45) is 5.84 Å². The summed E-state index contributed by atoms with van der Waals surface area (Å²) < 4.78 is 6.13. The first-order valence-corrected chi connectivity index (χ1v) is 9.06. The Morgan fingerprint density at radius 3 is 2.22 bits per heavy atom. The van der Waals surface area contributed by atoms with Gasteiger partial charge in [0.05, 0.1) is 5.69 Å². The van der Waals surface area contributed by atoms with Crippen LogP contribution in [0.3, 0.4) is 0 Å². The molecule has 0 unspecified atom stereocenters. The number of hydrogen-bond donors (Lipinski definition) is 1. The highest BCUT2D eigenvalue weighted by molar-refractivity contribution is 5.64. The second-order valence-corrected chi connectivity index (χ2v) is 6.82. The van der Waals surface area contributed by atoms with Gasteiger partial charge in [0.25, 0.3) is 0 Å². The molecule has 0 atom stereocenters. The standard InChI is InChI=1S/C23H27N3O/c1-17-9-8-12-22(26(4)24)21(17)16-27-23-14-13-20(15-18(23)2)25(3)19-10-6-5-7-11-19/h5-15H,16,24H2,1-4H3. The van der Waals surface area contributed by atoms with Crippen LogP contribution >= 0.6 is 0 Å². The lowest BCUT2D eigenvalue weighted by atomic mass is 10.1. The van der Waals surface area contributed by atoms with E-state index in [0.29, 0.717) is 6.61 Å². The molecule has 140 valence electrons. The fourth-order valence-corrected chi connectivity index (χ4v) is 3.16. The van der Waals surface area contributed by atoms with Crippen LogP contribution < -0.4 is 20.5 Å². The predicted octanol–water partition coefficient (Wildman–Crippen LogP) is 4.96. The number of benzene rings is 3. The van der Waals surface area contributed by atoms with Gasteiger partial charge in [-0.05, 0) is 61.4 Å². The number of ether oxygens (including phenoxy) is 1. The van der Waals surface area contributed by atoms with Crippen molar-refractivity contribution < 1.29 is 4.74 Å².